The van der Waals surface area contributed by atoms with Crippen LogP contribution in [-0.4, -0.2) is 38.4 Å². The van der Waals surface area contributed by atoms with E-state index in [-0.39, 0.29) is 18.0 Å². The molecular weight excluding hydrogens is 334 g/mol. The number of aromatic nitrogens is 3. The minimum absolute atomic E-state index is 0.0601. The van der Waals surface area contributed by atoms with Crippen molar-refractivity contribution in [2.75, 3.05) is 0 Å². The van der Waals surface area contributed by atoms with Gasteiger partial charge in [-0.05, 0) is 47.1 Å². The first-order valence-corrected chi connectivity index (χ1v) is 8.47. The van der Waals surface area contributed by atoms with Crippen LogP contribution in [-0.2, 0) is 23.0 Å². The highest BCUT2D eigenvalue weighted by Gasteiger charge is 2.26. The summed E-state index contributed by atoms with van der Waals surface area (Å²) < 4.78 is 7.03. The lowest BCUT2D eigenvalue weighted by molar-refractivity contribution is -0.145. The van der Waals surface area contributed by atoms with Crippen molar-refractivity contribution in [1.29, 1.82) is 0 Å². The van der Waals surface area contributed by atoms with Crippen molar-refractivity contribution >= 4 is 17.5 Å². The summed E-state index contributed by atoms with van der Waals surface area (Å²) in [5, 5.41) is 4.27. The molecule has 0 spiro atoms. The fourth-order valence-electron chi connectivity index (χ4n) is 3.24. The molecule has 0 fully saturated rings. The molecule has 1 N–H and O–H groups in total. The maximum Gasteiger partial charge on any atom is 0.311 e. The van der Waals surface area contributed by atoms with E-state index in [9.17, 15) is 14.4 Å². The monoisotopic (exact) mass is 359 g/mol. The molecule has 2 aromatic heterocycles. The first-order valence-electron chi connectivity index (χ1n) is 8.47. The van der Waals surface area contributed by atoms with Crippen molar-refractivity contribution in [2.45, 2.75) is 54.1 Å². The molecule has 0 aliphatic rings. The highest BCUT2D eigenvalue weighted by molar-refractivity contribution is 6.05. The lowest BCUT2D eigenvalue weighted by Gasteiger charge is -2.12. The summed E-state index contributed by atoms with van der Waals surface area (Å²) in [6.07, 6.45) is -0.888. The Labute approximate surface area is 152 Å². The number of rotatable bonds is 6. The summed E-state index contributed by atoms with van der Waals surface area (Å²) in [6.45, 7) is 10.2. The van der Waals surface area contributed by atoms with Gasteiger partial charge in [0.25, 0.3) is 0 Å². The minimum Gasteiger partial charge on any atom is -0.454 e. The molecule has 0 amide bonds. The van der Waals surface area contributed by atoms with Crippen LogP contribution in [0.5, 0.6) is 0 Å². The highest BCUT2D eigenvalue weighted by atomic mass is 16.5. The van der Waals surface area contributed by atoms with E-state index in [4.69, 9.17) is 4.74 Å². The molecule has 2 heterocycles. The number of Topliss-reactive ketones (excluding diaryl/α,β-unsaturated/α-hetero) is 2. The Hall–Kier alpha value is -2.70. The number of carbonyl (C=O) groups is 3. The summed E-state index contributed by atoms with van der Waals surface area (Å²) >= 11 is 0. The summed E-state index contributed by atoms with van der Waals surface area (Å²) in [5.74, 6) is -0.952. The van der Waals surface area contributed by atoms with Crippen molar-refractivity contribution < 1.29 is 19.1 Å². The molecule has 0 saturated heterocycles. The van der Waals surface area contributed by atoms with Crippen molar-refractivity contribution in [1.82, 2.24) is 14.8 Å². The predicted molar refractivity (Wildman–Crippen MR) is 96.5 cm³/mol. The van der Waals surface area contributed by atoms with Gasteiger partial charge in [0.05, 0.1) is 17.8 Å². The second-order valence-corrected chi connectivity index (χ2v) is 6.63. The number of aryl methyl sites for hydroxylation is 3. The van der Waals surface area contributed by atoms with Crippen LogP contribution in [0.15, 0.2) is 0 Å². The molecular formula is C19H25N3O4. The van der Waals surface area contributed by atoms with Crippen LogP contribution in [0.25, 0.3) is 0 Å². The van der Waals surface area contributed by atoms with E-state index in [1.165, 1.54) is 13.8 Å². The van der Waals surface area contributed by atoms with E-state index in [2.05, 4.69) is 10.1 Å². The Morgan fingerprint density at radius 1 is 1.19 bits per heavy atom. The Kier molecular flexibility index (Phi) is 5.49. The molecule has 140 valence electrons. The summed E-state index contributed by atoms with van der Waals surface area (Å²) in [5.41, 5.74) is 4.50. The molecule has 0 bridgehead atoms. The van der Waals surface area contributed by atoms with Gasteiger partial charge in [-0.25, -0.2) is 0 Å². The fraction of sp³-hybridized carbons (Fsp3) is 0.474. The van der Waals surface area contributed by atoms with Crippen molar-refractivity contribution in [3.63, 3.8) is 0 Å². The van der Waals surface area contributed by atoms with E-state index in [1.54, 1.807) is 18.5 Å². The third kappa shape index (κ3) is 3.61. The Balaban J connectivity index is 2.13. The normalized spacial score (nSPS) is 12.1. The number of ether oxygens (including phenoxy) is 1. The third-order valence-corrected chi connectivity index (χ3v) is 4.69. The zero-order valence-electron chi connectivity index (χ0n) is 16.3. The number of aromatic amines is 1. The minimum atomic E-state index is -0.948. The average molecular weight is 359 g/mol. The Morgan fingerprint density at radius 2 is 1.81 bits per heavy atom. The van der Waals surface area contributed by atoms with Crippen molar-refractivity contribution in [2.24, 2.45) is 7.05 Å². The zero-order valence-corrected chi connectivity index (χ0v) is 16.3. The lowest BCUT2D eigenvalue weighted by atomic mass is 10.0. The molecule has 7 heteroatoms. The lowest BCUT2D eigenvalue weighted by Crippen LogP contribution is -2.26. The van der Waals surface area contributed by atoms with Crippen LogP contribution in [0.3, 0.4) is 0 Å². The Bertz CT molecular complexity index is 889. The quantitative estimate of drug-likeness (QED) is 0.632. The molecule has 0 aliphatic carbocycles. The number of hydrogen-bond donors (Lipinski definition) is 1. The summed E-state index contributed by atoms with van der Waals surface area (Å²) in [7, 11) is 1.81. The Morgan fingerprint density at radius 3 is 2.27 bits per heavy atom. The van der Waals surface area contributed by atoms with Crippen LogP contribution < -0.4 is 0 Å². The van der Waals surface area contributed by atoms with E-state index in [1.807, 2.05) is 20.9 Å². The van der Waals surface area contributed by atoms with Gasteiger partial charge in [0.1, 0.15) is 0 Å². The maximum atomic E-state index is 12.6. The smallest absolute Gasteiger partial charge is 0.311 e. The molecule has 7 nitrogen and oxygen atoms in total. The molecule has 2 aromatic rings. The zero-order chi connectivity index (χ0) is 19.8. The predicted octanol–water partition coefficient (Wildman–Crippen LogP) is 2.54. The average Bonchev–Trinajstić information content (AvgIpc) is 2.96. The first kappa shape index (κ1) is 19.6. The van der Waals surface area contributed by atoms with Crippen LogP contribution in [0, 0.1) is 27.7 Å². The molecule has 0 radical (unpaired) electrons. The van der Waals surface area contributed by atoms with E-state index >= 15 is 0 Å². The van der Waals surface area contributed by atoms with Crippen LogP contribution >= 0.6 is 0 Å². The number of hydrogen-bond acceptors (Lipinski definition) is 5. The van der Waals surface area contributed by atoms with E-state index < -0.39 is 12.1 Å². The van der Waals surface area contributed by atoms with Gasteiger partial charge in [-0.15, -0.1) is 0 Å². The van der Waals surface area contributed by atoms with E-state index in [0.29, 0.717) is 22.5 Å². The number of ketones is 2. The van der Waals surface area contributed by atoms with E-state index in [0.717, 1.165) is 17.0 Å². The van der Waals surface area contributed by atoms with Gasteiger partial charge in [-0.2, -0.15) is 5.10 Å². The first-order chi connectivity index (χ1) is 12.0. The van der Waals surface area contributed by atoms with Gasteiger partial charge >= 0.3 is 5.97 Å². The molecule has 0 unspecified atom stereocenters. The second-order valence-electron chi connectivity index (χ2n) is 6.63. The fourth-order valence-corrected chi connectivity index (χ4v) is 3.24. The SMILES string of the molecule is CC(=O)c1c(C)[nH]c(C(=O)[C@@H](C)OC(=O)Cc2c(C)nn(C)c2C)c1C. The summed E-state index contributed by atoms with van der Waals surface area (Å²) in [6, 6.07) is 0. The van der Waals surface area contributed by atoms with Gasteiger partial charge in [0.15, 0.2) is 11.9 Å². The van der Waals surface area contributed by atoms with Crippen molar-refractivity contribution in [3.05, 3.63) is 39.5 Å². The second kappa shape index (κ2) is 7.27. The maximum absolute atomic E-state index is 12.6. The largest absolute Gasteiger partial charge is 0.454 e. The van der Waals surface area contributed by atoms with Crippen LogP contribution in [0.2, 0.25) is 0 Å². The topological polar surface area (TPSA) is 94.0 Å². The van der Waals surface area contributed by atoms with Crippen LogP contribution in [0.4, 0.5) is 0 Å². The highest BCUT2D eigenvalue weighted by Crippen LogP contribution is 2.21. The molecule has 1 atom stereocenters. The van der Waals surface area contributed by atoms with Gasteiger partial charge in [-0.3, -0.25) is 19.1 Å². The van der Waals surface area contributed by atoms with Gasteiger partial charge in [0.2, 0.25) is 5.78 Å². The van der Waals surface area contributed by atoms with Gasteiger partial charge < -0.3 is 9.72 Å². The molecule has 2 rings (SSSR count). The van der Waals surface area contributed by atoms with Crippen LogP contribution in [0.1, 0.15) is 62.9 Å². The van der Waals surface area contributed by atoms with Gasteiger partial charge in [0, 0.05) is 29.6 Å². The molecule has 0 saturated carbocycles. The number of H-pyrrole nitrogens is 1. The molecule has 0 aromatic carbocycles. The van der Waals surface area contributed by atoms with Gasteiger partial charge in [-0.1, -0.05) is 0 Å². The number of esters is 1. The summed E-state index contributed by atoms with van der Waals surface area (Å²) in [4.78, 5) is 39.6. The van der Waals surface area contributed by atoms with Crippen molar-refractivity contribution in [3.8, 4) is 0 Å². The molecule has 0 aliphatic heterocycles. The number of carbonyl (C=O) groups excluding carboxylic acids is 3. The molecule has 26 heavy (non-hydrogen) atoms. The standard InChI is InChI=1S/C19H25N3O4/c1-9-17(13(5)23)11(3)20-18(9)19(25)14(6)26-16(24)8-15-10(2)21-22(7)12(15)4/h14,20H,8H2,1-7H3/t14-/m1/s1. The third-order valence-electron chi connectivity index (χ3n) is 4.69. The number of nitrogens with zero attached hydrogens (tertiary/aromatic N) is 2. The number of nitrogens with one attached hydrogen (secondary N) is 1.